The van der Waals surface area contributed by atoms with Gasteiger partial charge in [-0.05, 0) is 67.7 Å². The van der Waals surface area contributed by atoms with Gasteiger partial charge in [0, 0.05) is 52.3 Å². The molecule has 0 amide bonds. The Morgan fingerprint density at radius 2 is 1.94 bits per heavy atom. The summed E-state index contributed by atoms with van der Waals surface area (Å²) in [7, 11) is 0. The Kier molecular flexibility index (Phi) is 6.54. The molecule has 4 aliphatic heterocycles. The van der Waals surface area contributed by atoms with E-state index in [9.17, 15) is 9.90 Å². The van der Waals surface area contributed by atoms with E-state index in [4.69, 9.17) is 8.85 Å². The van der Waals surface area contributed by atoms with E-state index >= 15 is 22.0 Å². The van der Waals surface area contributed by atoms with Gasteiger partial charge in [-0.25, -0.2) is 8.78 Å². The van der Waals surface area contributed by atoms with Crippen molar-refractivity contribution in [2.45, 2.75) is 75.4 Å². The quantitative estimate of drug-likeness (QED) is 0.268. The molecule has 8 rings (SSSR count). The smallest absolute Gasteiger partial charge is 0.431 e. The molecule has 0 radical (unpaired) electrons. The third kappa shape index (κ3) is 5.06. The van der Waals surface area contributed by atoms with E-state index in [0.29, 0.717) is 17.7 Å². The highest BCUT2D eigenvalue weighted by Crippen LogP contribution is 2.42. The van der Waals surface area contributed by atoms with Crippen LogP contribution in [-0.4, -0.2) is 81.0 Å². The van der Waals surface area contributed by atoms with Crippen LogP contribution in [0.15, 0.2) is 35.1 Å². The molecule has 0 unspecified atom stereocenters. The number of fused-ring (bicyclic) bond motifs is 5. The standard InChI is InChI=1S/C34H35F5N6O3/c1-2-23-25(36)7-4-18-10-22(46)11-26(28(18)23)45-27(34(37,38)39)12-24-29(31(45)47)41-32(42-30(24)43-15-20-5-6-21(16-43)40-20)48-17-33-8-3-9-44(33)14-19(35)13-33/h4,7,10-12,19-21,40,46H,2-3,5-6,8-9,13-17H2,1H3/t19-,20-,21+,33+/m1/s1/i9D2,19D. The summed E-state index contributed by atoms with van der Waals surface area (Å²) in [5, 5.41) is 14.1. The van der Waals surface area contributed by atoms with Crippen molar-refractivity contribution in [2.24, 2.45) is 0 Å². The van der Waals surface area contributed by atoms with Crippen LogP contribution in [0.3, 0.4) is 0 Å². The van der Waals surface area contributed by atoms with Gasteiger partial charge in [-0.15, -0.1) is 0 Å². The number of alkyl halides is 4. The second-order valence-corrected chi connectivity index (χ2v) is 13.2. The van der Waals surface area contributed by atoms with E-state index in [-0.39, 0.29) is 83.6 Å². The fraction of sp³-hybridized carbons (Fsp3) is 0.500. The Bertz CT molecular complexity index is 2140. The third-order valence-corrected chi connectivity index (χ3v) is 10.2. The molecule has 6 heterocycles. The van der Waals surface area contributed by atoms with E-state index in [1.165, 1.54) is 17.0 Å². The molecule has 4 fully saturated rings. The largest absolute Gasteiger partial charge is 0.508 e. The SMILES string of the molecule is [2H]C1([2H])CC[C@@]2(COc3nc(N4C[C@H]5CC[C@@H](C4)N5)c4cc(C(F)(F)F)n(-c5cc(O)cc6ccc(F)c(CC)c56)c(=O)c4n3)C[C@@]([2H])(F)CN12. The number of halogens is 5. The van der Waals surface area contributed by atoms with Crippen LogP contribution in [0, 0.1) is 5.82 Å². The number of aromatic hydroxyl groups is 1. The maximum absolute atomic E-state index is 15.1. The first-order valence-electron chi connectivity index (χ1n) is 17.6. The third-order valence-electron chi connectivity index (χ3n) is 10.2. The zero-order valence-electron chi connectivity index (χ0n) is 29.0. The van der Waals surface area contributed by atoms with Crippen molar-refractivity contribution in [1.29, 1.82) is 0 Å². The van der Waals surface area contributed by atoms with Crippen LogP contribution in [0.1, 0.15) is 54.4 Å². The summed E-state index contributed by atoms with van der Waals surface area (Å²) < 4.78 is 107. The lowest BCUT2D eigenvalue weighted by Crippen LogP contribution is -2.51. The minimum atomic E-state index is -5.10. The highest BCUT2D eigenvalue weighted by molar-refractivity contribution is 5.96. The lowest BCUT2D eigenvalue weighted by molar-refractivity contribution is -0.142. The lowest BCUT2D eigenvalue weighted by Gasteiger charge is -2.35. The van der Waals surface area contributed by atoms with Crippen molar-refractivity contribution in [2.75, 3.05) is 37.6 Å². The first-order valence-corrected chi connectivity index (χ1v) is 16.1. The molecule has 2 aromatic heterocycles. The molecule has 254 valence electrons. The molecule has 2 aromatic carbocycles. The number of pyridine rings is 1. The van der Waals surface area contributed by atoms with Crippen molar-refractivity contribution >= 4 is 27.5 Å². The number of ether oxygens (including phenoxy) is 1. The number of aromatic nitrogens is 3. The van der Waals surface area contributed by atoms with Crippen LogP contribution in [0.4, 0.5) is 27.8 Å². The maximum Gasteiger partial charge on any atom is 0.431 e. The molecule has 0 spiro atoms. The highest BCUT2D eigenvalue weighted by atomic mass is 19.4. The Balaban J connectivity index is 1.35. The predicted molar refractivity (Wildman–Crippen MR) is 169 cm³/mol. The number of hydrogen-bond donors (Lipinski definition) is 2. The molecule has 2 N–H and O–H groups in total. The van der Waals surface area contributed by atoms with Gasteiger partial charge in [-0.3, -0.25) is 14.3 Å². The van der Waals surface area contributed by atoms with Gasteiger partial charge in [0.2, 0.25) is 0 Å². The zero-order valence-corrected chi connectivity index (χ0v) is 26.0. The van der Waals surface area contributed by atoms with Crippen molar-refractivity contribution in [3.05, 3.63) is 57.8 Å². The summed E-state index contributed by atoms with van der Waals surface area (Å²) >= 11 is 0. The van der Waals surface area contributed by atoms with Crippen LogP contribution < -0.4 is 20.5 Å². The number of hydrogen-bond acceptors (Lipinski definition) is 8. The van der Waals surface area contributed by atoms with Gasteiger partial charge in [0.05, 0.1) is 18.0 Å². The topological polar surface area (TPSA) is 95.8 Å². The Hall–Kier alpha value is -4.04. The molecule has 4 atom stereocenters. The van der Waals surface area contributed by atoms with E-state index < -0.39 is 59.2 Å². The average molecular weight is 674 g/mol. The van der Waals surface area contributed by atoms with Crippen LogP contribution >= 0.6 is 0 Å². The summed E-state index contributed by atoms with van der Waals surface area (Å²) in [6.07, 6.45) is -5.87. The van der Waals surface area contributed by atoms with Gasteiger partial charge in [0.1, 0.15) is 41.3 Å². The minimum Gasteiger partial charge on any atom is -0.508 e. The summed E-state index contributed by atoms with van der Waals surface area (Å²) in [5.74, 6) is -1.09. The highest BCUT2D eigenvalue weighted by Gasteiger charge is 2.49. The van der Waals surface area contributed by atoms with Crippen molar-refractivity contribution < 1.29 is 35.9 Å². The summed E-state index contributed by atoms with van der Waals surface area (Å²) in [4.78, 5) is 26.5. The number of benzene rings is 2. The molecular formula is C34H35F5N6O3. The number of aryl methyl sites for hydroxylation is 1. The second-order valence-electron chi connectivity index (χ2n) is 13.2. The number of nitrogens with one attached hydrogen (secondary N) is 1. The predicted octanol–water partition coefficient (Wildman–Crippen LogP) is 5.26. The summed E-state index contributed by atoms with van der Waals surface area (Å²) in [6, 6.07) is 5.21. The molecule has 4 aliphatic rings. The molecule has 0 aliphatic carbocycles. The van der Waals surface area contributed by atoms with Gasteiger partial charge in [-0.2, -0.15) is 23.1 Å². The normalized spacial score (nSPS) is 29.3. The monoisotopic (exact) mass is 673 g/mol. The van der Waals surface area contributed by atoms with Gasteiger partial charge >= 0.3 is 12.2 Å². The number of phenols is 1. The van der Waals surface area contributed by atoms with Crippen molar-refractivity contribution in [3.8, 4) is 17.4 Å². The van der Waals surface area contributed by atoms with Gasteiger partial charge in [-0.1, -0.05) is 13.0 Å². The molecule has 14 heteroatoms. The number of piperazine rings is 1. The van der Waals surface area contributed by atoms with Crippen LogP contribution in [0.2, 0.25) is 0 Å². The first kappa shape index (κ1) is 27.9. The maximum atomic E-state index is 15.1. The van der Waals surface area contributed by atoms with Gasteiger partial charge < -0.3 is 20.1 Å². The Morgan fingerprint density at radius 1 is 1.17 bits per heavy atom. The van der Waals surface area contributed by atoms with E-state index in [2.05, 4.69) is 15.3 Å². The lowest BCUT2D eigenvalue weighted by atomic mass is 9.95. The molecule has 9 nitrogen and oxygen atoms in total. The Labute approximate surface area is 276 Å². The molecule has 4 aromatic rings. The fourth-order valence-electron chi connectivity index (χ4n) is 7.99. The second kappa shape index (κ2) is 11.3. The van der Waals surface area contributed by atoms with Crippen LogP contribution in [0.25, 0.3) is 27.4 Å². The van der Waals surface area contributed by atoms with Gasteiger partial charge in [0.25, 0.3) is 5.56 Å². The number of nitrogens with zero attached hydrogens (tertiary/aromatic N) is 5. The molecule has 2 bridgehead atoms. The Morgan fingerprint density at radius 3 is 2.67 bits per heavy atom. The first-order chi connectivity index (χ1) is 24.0. The van der Waals surface area contributed by atoms with Crippen molar-refractivity contribution in [3.63, 3.8) is 0 Å². The summed E-state index contributed by atoms with van der Waals surface area (Å²) in [6.45, 7) is -0.315. The molecule has 4 saturated heterocycles. The van der Waals surface area contributed by atoms with E-state index in [1.807, 2.05) is 0 Å². The molecule has 0 saturated carbocycles. The summed E-state index contributed by atoms with van der Waals surface area (Å²) in [5.41, 5.74) is -4.56. The van der Waals surface area contributed by atoms with Crippen molar-refractivity contribution in [1.82, 2.24) is 24.8 Å². The number of rotatable bonds is 6. The number of anilines is 1. The average Bonchev–Trinajstić information content (AvgIpc) is 3.63. The van der Waals surface area contributed by atoms with Gasteiger partial charge in [0.15, 0.2) is 0 Å². The zero-order chi connectivity index (χ0) is 36.2. The van der Waals surface area contributed by atoms with Crippen LogP contribution in [-0.2, 0) is 12.6 Å². The van der Waals surface area contributed by atoms with E-state index in [1.54, 1.807) is 11.8 Å². The molecular weight excluding hydrogens is 635 g/mol. The minimum absolute atomic E-state index is 0.0210. The van der Waals surface area contributed by atoms with Crippen LogP contribution in [0.5, 0.6) is 11.8 Å². The van der Waals surface area contributed by atoms with E-state index in [0.717, 1.165) is 31.0 Å². The fourth-order valence-corrected chi connectivity index (χ4v) is 7.99. The molecule has 48 heavy (non-hydrogen) atoms. The number of phenolic OH excluding ortho intramolecular Hbond substituents is 1.